The van der Waals surface area contributed by atoms with Crippen molar-refractivity contribution in [3.8, 4) is 0 Å². The van der Waals surface area contributed by atoms with Crippen molar-refractivity contribution in [1.29, 1.82) is 0 Å². The normalized spacial score (nSPS) is 13.5. The molecule has 0 radical (unpaired) electrons. The highest BCUT2D eigenvalue weighted by molar-refractivity contribution is 5.76. The third-order valence-electron chi connectivity index (χ3n) is 7.44. The summed E-state index contributed by atoms with van der Waals surface area (Å²) >= 11 is 0. The smallest absolute Gasteiger partial charge is 0.220 e. The van der Waals surface area contributed by atoms with Crippen LogP contribution in [0.25, 0.3) is 0 Å². The molecular weight excluding hydrogens is 470 g/mol. The average molecular weight is 536 g/mol. The van der Waals surface area contributed by atoms with Crippen LogP contribution in [0, 0.1) is 0 Å². The summed E-state index contributed by atoms with van der Waals surface area (Å²) < 4.78 is 0. The van der Waals surface area contributed by atoms with Crippen molar-refractivity contribution in [1.82, 2.24) is 5.32 Å². The molecule has 1 amide bonds. The van der Waals surface area contributed by atoms with E-state index in [9.17, 15) is 15.0 Å². The third-order valence-corrected chi connectivity index (χ3v) is 7.44. The van der Waals surface area contributed by atoms with E-state index in [1.165, 1.54) is 116 Å². The van der Waals surface area contributed by atoms with Crippen LogP contribution < -0.4 is 5.32 Å². The lowest BCUT2D eigenvalue weighted by Gasteiger charge is -2.19. The molecule has 0 aliphatic rings. The Labute approximate surface area is 237 Å². The number of carbonyl (C=O) groups is 1. The van der Waals surface area contributed by atoms with E-state index >= 15 is 0 Å². The fourth-order valence-corrected chi connectivity index (χ4v) is 4.84. The zero-order valence-electron chi connectivity index (χ0n) is 25.4. The first-order valence-electron chi connectivity index (χ1n) is 16.6. The molecular formula is C34H65NO3. The topological polar surface area (TPSA) is 69.6 Å². The Kier molecular flexibility index (Phi) is 29.5. The summed E-state index contributed by atoms with van der Waals surface area (Å²) in [7, 11) is 0. The Hall–Kier alpha value is -1.13. The molecule has 0 aliphatic carbocycles. The molecule has 0 aromatic carbocycles. The molecule has 0 rings (SSSR count). The van der Waals surface area contributed by atoms with Crippen LogP contribution in [0.4, 0.5) is 0 Å². The first-order chi connectivity index (χ1) is 18.7. The molecule has 0 heterocycles. The molecule has 0 bridgehead atoms. The molecule has 38 heavy (non-hydrogen) atoms. The Morgan fingerprint density at radius 2 is 1.03 bits per heavy atom. The molecule has 0 saturated carbocycles. The number of carbonyl (C=O) groups excluding carboxylic acids is 1. The lowest BCUT2D eigenvalue weighted by molar-refractivity contribution is -0.123. The second-order valence-electron chi connectivity index (χ2n) is 11.2. The van der Waals surface area contributed by atoms with E-state index in [1.807, 2.05) is 6.08 Å². The number of allylic oxidation sites excluding steroid dienone is 3. The van der Waals surface area contributed by atoms with Gasteiger partial charge in [0.1, 0.15) is 0 Å². The van der Waals surface area contributed by atoms with Crippen LogP contribution in [0.5, 0.6) is 0 Å². The number of unbranched alkanes of at least 4 members (excludes halogenated alkanes) is 20. The number of rotatable bonds is 29. The Morgan fingerprint density at radius 1 is 0.605 bits per heavy atom. The maximum atomic E-state index is 12.2. The van der Waals surface area contributed by atoms with Gasteiger partial charge in [0.15, 0.2) is 0 Å². The number of amides is 1. The molecule has 4 nitrogen and oxygen atoms in total. The van der Waals surface area contributed by atoms with Gasteiger partial charge in [0.2, 0.25) is 5.91 Å². The lowest BCUT2D eigenvalue weighted by atomic mass is 10.0. The van der Waals surface area contributed by atoms with E-state index in [-0.39, 0.29) is 12.5 Å². The van der Waals surface area contributed by atoms with Gasteiger partial charge in [0, 0.05) is 6.42 Å². The zero-order valence-corrected chi connectivity index (χ0v) is 25.4. The van der Waals surface area contributed by atoms with Crippen LogP contribution in [0.15, 0.2) is 24.3 Å². The predicted octanol–water partition coefficient (Wildman–Crippen LogP) is 9.34. The van der Waals surface area contributed by atoms with Crippen LogP contribution in [0.2, 0.25) is 0 Å². The summed E-state index contributed by atoms with van der Waals surface area (Å²) in [4.78, 5) is 12.2. The standard InChI is InChI=1S/C34H65NO3/c1-3-5-7-9-11-13-15-16-17-18-20-22-24-26-28-30-34(38)35-32(31-36)33(37)29-27-25-23-21-19-14-12-10-8-6-4-2/h19,21,27,29,32-33,36-37H,3-18,20,22-26,28,30-31H2,1-2H3,(H,35,38). The van der Waals surface area contributed by atoms with Gasteiger partial charge in [-0.05, 0) is 32.1 Å². The first-order valence-corrected chi connectivity index (χ1v) is 16.6. The number of hydrogen-bond acceptors (Lipinski definition) is 3. The van der Waals surface area contributed by atoms with Gasteiger partial charge in [-0.1, -0.05) is 154 Å². The maximum Gasteiger partial charge on any atom is 0.220 e. The average Bonchev–Trinajstić information content (AvgIpc) is 2.92. The number of hydrogen-bond donors (Lipinski definition) is 3. The van der Waals surface area contributed by atoms with Gasteiger partial charge in [-0.15, -0.1) is 0 Å². The highest BCUT2D eigenvalue weighted by atomic mass is 16.3. The Bertz CT molecular complexity index is 546. The van der Waals surface area contributed by atoms with Gasteiger partial charge in [0.25, 0.3) is 0 Å². The zero-order chi connectivity index (χ0) is 27.9. The van der Waals surface area contributed by atoms with E-state index in [2.05, 4.69) is 31.3 Å². The van der Waals surface area contributed by atoms with Gasteiger partial charge in [-0.25, -0.2) is 0 Å². The van der Waals surface area contributed by atoms with Crippen molar-refractivity contribution in [3.63, 3.8) is 0 Å². The fraction of sp³-hybridized carbons (Fsp3) is 0.853. The van der Waals surface area contributed by atoms with Gasteiger partial charge < -0.3 is 15.5 Å². The van der Waals surface area contributed by atoms with E-state index in [0.29, 0.717) is 6.42 Å². The summed E-state index contributed by atoms with van der Waals surface area (Å²) in [6.45, 7) is 4.26. The third kappa shape index (κ3) is 26.5. The molecule has 3 N–H and O–H groups in total. The Balaban J connectivity index is 3.66. The summed E-state index contributed by atoms with van der Waals surface area (Å²) in [6, 6.07) is -0.631. The minimum Gasteiger partial charge on any atom is -0.394 e. The molecule has 0 aromatic heterocycles. The molecule has 0 fully saturated rings. The van der Waals surface area contributed by atoms with Crippen LogP contribution in [-0.4, -0.2) is 34.9 Å². The van der Waals surface area contributed by atoms with Crippen LogP contribution in [0.3, 0.4) is 0 Å². The van der Waals surface area contributed by atoms with Crippen molar-refractivity contribution in [2.45, 2.75) is 180 Å². The first kappa shape index (κ1) is 36.9. The van der Waals surface area contributed by atoms with Crippen molar-refractivity contribution < 1.29 is 15.0 Å². The fourth-order valence-electron chi connectivity index (χ4n) is 4.84. The summed E-state index contributed by atoms with van der Waals surface area (Å²) in [5, 5.41) is 22.7. The SMILES string of the molecule is CCCCCCCC=CCCC=CC(O)C(CO)NC(=O)CCCCCCCCCCCCCCCCC. The van der Waals surface area contributed by atoms with E-state index in [0.717, 1.165) is 32.1 Å². The van der Waals surface area contributed by atoms with Gasteiger partial charge in [-0.2, -0.15) is 0 Å². The minimum atomic E-state index is -0.854. The second-order valence-corrected chi connectivity index (χ2v) is 11.2. The lowest BCUT2D eigenvalue weighted by Crippen LogP contribution is -2.45. The number of aliphatic hydroxyl groups excluding tert-OH is 2. The molecule has 224 valence electrons. The number of aliphatic hydroxyl groups is 2. The van der Waals surface area contributed by atoms with E-state index in [4.69, 9.17) is 0 Å². The van der Waals surface area contributed by atoms with Gasteiger partial charge in [0.05, 0.1) is 18.8 Å². The molecule has 4 heteroatoms. The largest absolute Gasteiger partial charge is 0.394 e. The number of nitrogens with one attached hydrogen (secondary N) is 1. The molecule has 2 unspecified atom stereocenters. The molecule has 0 spiro atoms. The van der Waals surface area contributed by atoms with Crippen molar-refractivity contribution >= 4 is 5.91 Å². The summed E-state index contributed by atoms with van der Waals surface area (Å²) in [6.07, 6.45) is 36.8. The quantitative estimate of drug-likeness (QED) is 0.0660. The van der Waals surface area contributed by atoms with Crippen LogP contribution in [-0.2, 0) is 4.79 Å². The summed E-state index contributed by atoms with van der Waals surface area (Å²) in [5.74, 6) is -0.0759. The maximum absolute atomic E-state index is 12.2. The second kappa shape index (κ2) is 30.4. The van der Waals surface area contributed by atoms with Crippen molar-refractivity contribution in [2.75, 3.05) is 6.61 Å². The predicted molar refractivity (Wildman–Crippen MR) is 165 cm³/mol. The summed E-state index contributed by atoms with van der Waals surface area (Å²) in [5.41, 5.74) is 0. The van der Waals surface area contributed by atoms with Crippen molar-refractivity contribution in [2.24, 2.45) is 0 Å². The molecule has 2 atom stereocenters. The Morgan fingerprint density at radius 3 is 1.53 bits per heavy atom. The molecule has 0 aliphatic heterocycles. The van der Waals surface area contributed by atoms with Crippen LogP contribution >= 0.6 is 0 Å². The van der Waals surface area contributed by atoms with Gasteiger partial charge in [-0.3, -0.25) is 4.79 Å². The van der Waals surface area contributed by atoms with E-state index < -0.39 is 12.1 Å². The van der Waals surface area contributed by atoms with Crippen LogP contribution in [0.1, 0.15) is 168 Å². The van der Waals surface area contributed by atoms with Crippen molar-refractivity contribution in [3.05, 3.63) is 24.3 Å². The highest BCUT2D eigenvalue weighted by Crippen LogP contribution is 2.14. The minimum absolute atomic E-state index is 0.0759. The monoisotopic (exact) mass is 535 g/mol. The molecule has 0 saturated heterocycles. The van der Waals surface area contributed by atoms with Gasteiger partial charge >= 0.3 is 0 Å². The molecule has 0 aromatic rings. The van der Waals surface area contributed by atoms with E-state index in [1.54, 1.807) is 6.08 Å². The highest BCUT2D eigenvalue weighted by Gasteiger charge is 2.17.